The first-order chi connectivity index (χ1) is 5.88. The molecular weight excluding hydrogens is 148 g/mol. The van der Waals surface area contributed by atoms with E-state index in [1.54, 1.807) is 0 Å². The number of hydrogen-bond acceptors (Lipinski definition) is 2. The van der Waals surface area contributed by atoms with Gasteiger partial charge < -0.3 is 0 Å². The number of hydrogen-bond donors (Lipinski definition) is 1. The predicted octanol–water partition coefficient (Wildman–Crippen LogP) is 1.29. The van der Waals surface area contributed by atoms with E-state index in [1.165, 1.54) is 19.3 Å². The molecule has 1 heterocycles. The molecule has 0 aromatic carbocycles. The van der Waals surface area contributed by atoms with E-state index in [0.717, 1.165) is 24.2 Å². The summed E-state index contributed by atoms with van der Waals surface area (Å²) in [4.78, 5) is 0. The van der Waals surface area contributed by atoms with Crippen LogP contribution in [0.5, 0.6) is 0 Å². The van der Waals surface area contributed by atoms with Crippen LogP contribution in [0.15, 0.2) is 0 Å². The molecule has 12 heavy (non-hydrogen) atoms. The van der Waals surface area contributed by atoms with Gasteiger partial charge in [0.2, 0.25) is 0 Å². The molecule has 0 aromatic rings. The maximum atomic E-state index is 8.80. The average molecular weight is 162 g/mol. The van der Waals surface area contributed by atoms with Crippen LogP contribution in [0.2, 0.25) is 0 Å². The van der Waals surface area contributed by atoms with Crippen LogP contribution in [0, 0.1) is 29.1 Å². The molecule has 3 aliphatic rings. The van der Waals surface area contributed by atoms with Crippen LogP contribution in [-0.4, -0.2) is 12.1 Å². The van der Waals surface area contributed by atoms with Crippen molar-refractivity contribution in [2.75, 3.05) is 0 Å². The van der Waals surface area contributed by atoms with E-state index < -0.39 is 0 Å². The summed E-state index contributed by atoms with van der Waals surface area (Å²) in [6, 6.07) is 3.24. The first kappa shape index (κ1) is 6.91. The number of nitriles is 1. The lowest BCUT2D eigenvalue weighted by atomic mass is 9.85. The minimum absolute atomic E-state index is 0.170. The third-order valence-electron chi connectivity index (χ3n) is 4.15. The van der Waals surface area contributed by atoms with Gasteiger partial charge in [-0.05, 0) is 43.4 Å². The Morgan fingerprint density at radius 1 is 1.17 bits per heavy atom. The fourth-order valence-corrected chi connectivity index (χ4v) is 3.67. The van der Waals surface area contributed by atoms with Crippen molar-refractivity contribution in [1.29, 1.82) is 5.26 Å². The van der Waals surface area contributed by atoms with Crippen molar-refractivity contribution in [3.05, 3.63) is 0 Å². The van der Waals surface area contributed by atoms with Crippen LogP contribution < -0.4 is 5.32 Å². The standard InChI is InChI=1S/C10H14N2/c11-5-8-4-9-6-1-2-7(3-6)10(9)12-8/h6-10,12H,1-4H2/t6?,7-,8?,9?,10-/m0/s1. The zero-order valence-electron chi connectivity index (χ0n) is 7.16. The lowest BCUT2D eigenvalue weighted by molar-refractivity contribution is 0.307. The normalized spacial score (nSPS) is 55.4. The van der Waals surface area contributed by atoms with Gasteiger partial charge in [0.05, 0.1) is 12.1 Å². The molecule has 2 heteroatoms. The van der Waals surface area contributed by atoms with Gasteiger partial charge in [-0.1, -0.05) is 0 Å². The Morgan fingerprint density at radius 3 is 2.75 bits per heavy atom. The Hall–Kier alpha value is -0.550. The van der Waals surface area contributed by atoms with E-state index in [-0.39, 0.29) is 6.04 Å². The van der Waals surface area contributed by atoms with Crippen LogP contribution in [0.25, 0.3) is 0 Å². The van der Waals surface area contributed by atoms with Gasteiger partial charge in [-0.3, -0.25) is 5.32 Å². The summed E-state index contributed by atoms with van der Waals surface area (Å²) in [6.07, 6.45) is 5.42. The largest absolute Gasteiger partial charge is 0.299 e. The van der Waals surface area contributed by atoms with Crippen LogP contribution in [-0.2, 0) is 0 Å². The van der Waals surface area contributed by atoms with Gasteiger partial charge in [-0.2, -0.15) is 5.26 Å². The molecule has 5 atom stereocenters. The molecule has 0 amide bonds. The number of fused-ring (bicyclic) bond motifs is 5. The van der Waals surface area contributed by atoms with E-state index >= 15 is 0 Å². The zero-order valence-corrected chi connectivity index (χ0v) is 7.16. The second-order valence-electron chi connectivity index (χ2n) is 4.61. The molecule has 3 rings (SSSR count). The summed E-state index contributed by atoms with van der Waals surface area (Å²) in [5, 5.41) is 12.3. The average Bonchev–Trinajstić information content (AvgIpc) is 2.75. The molecule has 1 saturated heterocycles. The van der Waals surface area contributed by atoms with Gasteiger partial charge in [0.25, 0.3) is 0 Å². The Labute approximate surface area is 72.9 Å². The Bertz CT molecular complexity index is 225. The Morgan fingerprint density at radius 2 is 2.00 bits per heavy atom. The highest BCUT2D eigenvalue weighted by Gasteiger charge is 2.51. The molecule has 3 fully saturated rings. The molecule has 64 valence electrons. The topological polar surface area (TPSA) is 35.8 Å². The highest BCUT2D eigenvalue weighted by Crippen LogP contribution is 2.52. The molecule has 2 aliphatic carbocycles. The van der Waals surface area contributed by atoms with E-state index in [9.17, 15) is 0 Å². The first-order valence-electron chi connectivity index (χ1n) is 5.04. The highest BCUT2D eigenvalue weighted by atomic mass is 15.0. The molecule has 2 bridgehead atoms. The van der Waals surface area contributed by atoms with Gasteiger partial charge >= 0.3 is 0 Å². The maximum Gasteiger partial charge on any atom is 0.0958 e. The van der Waals surface area contributed by atoms with Gasteiger partial charge in [-0.25, -0.2) is 0 Å². The lowest BCUT2D eigenvalue weighted by Gasteiger charge is -2.23. The summed E-state index contributed by atoms with van der Waals surface area (Å²) in [5.74, 6) is 2.73. The first-order valence-corrected chi connectivity index (χ1v) is 5.04. The second-order valence-corrected chi connectivity index (χ2v) is 4.61. The summed E-state index contributed by atoms with van der Waals surface area (Å²) in [6.45, 7) is 0. The van der Waals surface area contributed by atoms with Crippen molar-refractivity contribution in [2.45, 2.75) is 37.8 Å². The molecule has 2 saturated carbocycles. The van der Waals surface area contributed by atoms with E-state index in [2.05, 4.69) is 11.4 Å². The quantitative estimate of drug-likeness (QED) is 0.582. The number of nitrogens with one attached hydrogen (secondary N) is 1. The fourth-order valence-electron chi connectivity index (χ4n) is 3.67. The van der Waals surface area contributed by atoms with Crippen molar-refractivity contribution in [2.24, 2.45) is 17.8 Å². The molecule has 1 N–H and O–H groups in total. The molecule has 1 aliphatic heterocycles. The summed E-state index contributed by atoms with van der Waals surface area (Å²) < 4.78 is 0. The molecule has 0 spiro atoms. The minimum Gasteiger partial charge on any atom is -0.299 e. The van der Waals surface area contributed by atoms with Crippen LogP contribution in [0.1, 0.15) is 25.7 Å². The Balaban J connectivity index is 1.84. The van der Waals surface area contributed by atoms with Crippen molar-refractivity contribution in [3.8, 4) is 6.07 Å². The van der Waals surface area contributed by atoms with Crippen molar-refractivity contribution in [1.82, 2.24) is 5.32 Å². The third kappa shape index (κ3) is 0.728. The van der Waals surface area contributed by atoms with E-state index in [0.29, 0.717) is 6.04 Å². The summed E-state index contributed by atoms with van der Waals surface area (Å²) in [5.41, 5.74) is 0. The highest BCUT2D eigenvalue weighted by molar-refractivity contribution is 5.10. The van der Waals surface area contributed by atoms with E-state index in [4.69, 9.17) is 5.26 Å². The van der Waals surface area contributed by atoms with Crippen LogP contribution in [0.3, 0.4) is 0 Å². The van der Waals surface area contributed by atoms with Crippen LogP contribution >= 0.6 is 0 Å². The molecule has 3 unspecified atom stereocenters. The molecular formula is C10H14N2. The summed E-state index contributed by atoms with van der Waals surface area (Å²) >= 11 is 0. The van der Waals surface area contributed by atoms with E-state index in [1.807, 2.05) is 0 Å². The van der Waals surface area contributed by atoms with Crippen molar-refractivity contribution in [3.63, 3.8) is 0 Å². The SMILES string of the molecule is N#CC1CC2C3CC[C@@H](C3)[C@@H]2N1. The zero-order chi connectivity index (χ0) is 8.13. The van der Waals surface area contributed by atoms with Crippen molar-refractivity contribution < 1.29 is 0 Å². The monoisotopic (exact) mass is 162 g/mol. The maximum absolute atomic E-state index is 8.80. The number of rotatable bonds is 0. The lowest BCUT2D eigenvalue weighted by Crippen LogP contribution is -2.35. The van der Waals surface area contributed by atoms with Gasteiger partial charge in [0.15, 0.2) is 0 Å². The number of nitrogens with zero attached hydrogens (tertiary/aromatic N) is 1. The van der Waals surface area contributed by atoms with Crippen LogP contribution in [0.4, 0.5) is 0 Å². The molecule has 0 radical (unpaired) electrons. The smallest absolute Gasteiger partial charge is 0.0958 e. The predicted molar refractivity (Wildman–Crippen MR) is 45.3 cm³/mol. The second kappa shape index (κ2) is 2.23. The third-order valence-corrected chi connectivity index (χ3v) is 4.15. The molecule has 0 aromatic heterocycles. The van der Waals surface area contributed by atoms with Gasteiger partial charge in [0, 0.05) is 6.04 Å². The Kier molecular flexibility index (Phi) is 1.29. The van der Waals surface area contributed by atoms with Gasteiger partial charge in [0.1, 0.15) is 0 Å². The molecule has 2 nitrogen and oxygen atoms in total. The van der Waals surface area contributed by atoms with Gasteiger partial charge in [-0.15, -0.1) is 0 Å². The van der Waals surface area contributed by atoms with Crippen molar-refractivity contribution >= 4 is 0 Å². The summed E-state index contributed by atoms with van der Waals surface area (Å²) in [7, 11) is 0. The minimum atomic E-state index is 0.170. The fraction of sp³-hybridized carbons (Fsp3) is 0.900.